The highest BCUT2D eigenvalue weighted by atomic mass is 16.3. The van der Waals surface area contributed by atoms with Crippen LogP contribution in [-0.2, 0) is 4.79 Å². The minimum absolute atomic E-state index is 0.0431. The molecule has 0 aliphatic heterocycles. The monoisotopic (exact) mass is 216 g/mol. The number of aliphatic hydroxyl groups is 1. The Morgan fingerprint density at radius 2 is 1.93 bits per heavy atom. The van der Waals surface area contributed by atoms with Crippen molar-refractivity contribution < 1.29 is 9.90 Å². The van der Waals surface area contributed by atoms with Gasteiger partial charge in [0.1, 0.15) is 0 Å². The van der Waals surface area contributed by atoms with Crippen LogP contribution in [0.15, 0.2) is 0 Å². The largest absolute Gasteiger partial charge is 0.396 e. The summed E-state index contributed by atoms with van der Waals surface area (Å²) in [4.78, 5) is 11.1. The second-order valence-corrected chi connectivity index (χ2v) is 4.31. The molecule has 4 nitrogen and oxygen atoms in total. The third-order valence-corrected chi connectivity index (χ3v) is 2.51. The fourth-order valence-electron chi connectivity index (χ4n) is 1.55. The molecule has 15 heavy (non-hydrogen) atoms. The molecule has 0 aliphatic rings. The SMILES string of the molecule is CNC(=O)CC(C)NC(CCO)C(C)C. The van der Waals surface area contributed by atoms with Crippen LogP contribution < -0.4 is 10.6 Å². The number of carbonyl (C=O) groups excluding carboxylic acids is 1. The van der Waals surface area contributed by atoms with Gasteiger partial charge in [-0.2, -0.15) is 0 Å². The van der Waals surface area contributed by atoms with Crippen molar-refractivity contribution >= 4 is 5.91 Å². The first kappa shape index (κ1) is 14.4. The van der Waals surface area contributed by atoms with E-state index in [2.05, 4.69) is 24.5 Å². The molecule has 2 atom stereocenters. The zero-order valence-electron chi connectivity index (χ0n) is 10.2. The molecule has 0 heterocycles. The van der Waals surface area contributed by atoms with Crippen LogP contribution in [-0.4, -0.2) is 36.8 Å². The summed E-state index contributed by atoms with van der Waals surface area (Å²) in [7, 11) is 1.64. The van der Waals surface area contributed by atoms with Gasteiger partial charge in [-0.05, 0) is 19.3 Å². The highest BCUT2D eigenvalue weighted by molar-refractivity contribution is 5.76. The van der Waals surface area contributed by atoms with Crippen molar-refractivity contribution in [1.82, 2.24) is 10.6 Å². The van der Waals surface area contributed by atoms with E-state index in [1.165, 1.54) is 0 Å². The third-order valence-electron chi connectivity index (χ3n) is 2.51. The van der Waals surface area contributed by atoms with E-state index in [-0.39, 0.29) is 24.6 Å². The first-order chi connectivity index (χ1) is 7.01. The highest BCUT2D eigenvalue weighted by Crippen LogP contribution is 2.07. The second kappa shape index (κ2) is 7.65. The van der Waals surface area contributed by atoms with Crippen LogP contribution in [0, 0.1) is 5.92 Å². The van der Waals surface area contributed by atoms with Gasteiger partial charge in [0.05, 0.1) is 0 Å². The van der Waals surface area contributed by atoms with Gasteiger partial charge in [-0.15, -0.1) is 0 Å². The molecule has 0 fully saturated rings. The molecule has 0 aromatic heterocycles. The summed E-state index contributed by atoms with van der Waals surface area (Å²) >= 11 is 0. The molecule has 4 heteroatoms. The van der Waals surface area contributed by atoms with Gasteiger partial charge in [-0.25, -0.2) is 0 Å². The molecule has 1 amide bonds. The van der Waals surface area contributed by atoms with Crippen molar-refractivity contribution in [2.45, 2.75) is 45.7 Å². The summed E-state index contributed by atoms with van der Waals surface area (Å²) in [5.74, 6) is 0.505. The number of hydrogen-bond donors (Lipinski definition) is 3. The zero-order chi connectivity index (χ0) is 11.8. The van der Waals surface area contributed by atoms with Crippen molar-refractivity contribution in [1.29, 1.82) is 0 Å². The number of hydrogen-bond acceptors (Lipinski definition) is 3. The Hall–Kier alpha value is -0.610. The van der Waals surface area contributed by atoms with E-state index in [1.54, 1.807) is 7.05 Å². The maximum atomic E-state index is 11.1. The molecule has 0 saturated carbocycles. The van der Waals surface area contributed by atoms with Crippen molar-refractivity contribution in [3.63, 3.8) is 0 Å². The van der Waals surface area contributed by atoms with Crippen molar-refractivity contribution in [3.8, 4) is 0 Å². The lowest BCUT2D eigenvalue weighted by Gasteiger charge is -2.25. The zero-order valence-corrected chi connectivity index (χ0v) is 10.2. The average Bonchev–Trinajstić information content (AvgIpc) is 2.16. The molecule has 0 radical (unpaired) electrons. The molecular formula is C11H24N2O2. The molecule has 0 aromatic carbocycles. The second-order valence-electron chi connectivity index (χ2n) is 4.31. The normalized spacial score (nSPS) is 15.1. The van der Waals surface area contributed by atoms with E-state index < -0.39 is 0 Å². The maximum Gasteiger partial charge on any atom is 0.221 e. The Balaban J connectivity index is 3.98. The predicted molar refractivity (Wildman–Crippen MR) is 61.6 cm³/mol. The fraction of sp³-hybridized carbons (Fsp3) is 0.909. The number of amides is 1. The first-order valence-corrected chi connectivity index (χ1v) is 5.58. The Bertz CT molecular complexity index is 183. The highest BCUT2D eigenvalue weighted by Gasteiger charge is 2.16. The average molecular weight is 216 g/mol. The Morgan fingerprint density at radius 3 is 2.33 bits per heavy atom. The molecule has 0 aromatic rings. The summed E-state index contributed by atoms with van der Waals surface area (Å²) in [6.07, 6.45) is 1.21. The quantitative estimate of drug-likeness (QED) is 0.581. The molecule has 0 saturated heterocycles. The summed E-state index contributed by atoms with van der Waals surface area (Å²) in [6, 6.07) is 0.415. The fourth-order valence-corrected chi connectivity index (χ4v) is 1.55. The molecule has 0 spiro atoms. The van der Waals surface area contributed by atoms with Gasteiger partial charge in [0.15, 0.2) is 0 Å². The van der Waals surface area contributed by atoms with Gasteiger partial charge in [-0.1, -0.05) is 13.8 Å². The van der Waals surface area contributed by atoms with Crippen LogP contribution in [0.4, 0.5) is 0 Å². The summed E-state index contributed by atoms with van der Waals surface area (Å²) in [5, 5.41) is 14.9. The maximum absolute atomic E-state index is 11.1. The van der Waals surface area contributed by atoms with Crippen molar-refractivity contribution in [2.75, 3.05) is 13.7 Å². The van der Waals surface area contributed by atoms with E-state index in [0.717, 1.165) is 6.42 Å². The van der Waals surface area contributed by atoms with E-state index >= 15 is 0 Å². The molecule has 3 N–H and O–H groups in total. The van der Waals surface area contributed by atoms with Crippen LogP contribution in [0.1, 0.15) is 33.6 Å². The van der Waals surface area contributed by atoms with Crippen LogP contribution in [0.5, 0.6) is 0 Å². The molecular weight excluding hydrogens is 192 g/mol. The summed E-state index contributed by atoms with van der Waals surface area (Å²) in [6.45, 7) is 6.39. The van der Waals surface area contributed by atoms with Gasteiger partial charge in [-0.3, -0.25) is 4.79 Å². The van der Waals surface area contributed by atoms with Crippen molar-refractivity contribution in [2.24, 2.45) is 5.92 Å². The molecule has 0 bridgehead atoms. The lowest BCUT2D eigenvalue weighted by Crippen LogP contribution is -2.42. The summed E-state index contributed by atoms with van der Waals surface area (Å²) in [5.41, 5.74) is 0. The minimum Gasteiger partial charge on any atom is -0.396 e. The van der Waals surface area contributed by atoms with E-state index in [9.17, 15) is 4.79 Å². The van der Waals surface area contributed by atoms with Gasteiger partial charge >= 0.3 is 0 Å². The molecule has 0 rings (SSSR count). The Morgan fingerprint density at radius 1 is 1.33 bits per heavy atom. The van der Waals surface area contributed by atoms with Crippen LogP contribution in [0.25, 0.3) is 0 Å². The number of nitrogens with one attached hydrogen (secondary N) is 2. The minimum atomic E-state index is 0.0431. The van der Waals surface area contributed by atoms with Crippen molar-refractivity contribution in [3.05, 3.63) is 0 Å². The predicted octanol–water partition coefficient (Wildman–Crippen LogP) is 0.508. The van der Waals surface area contributed by atoms with E-state index in [4.69, 9.17) is 5.11 Å². The smallest absolute Gasteiger partial charge is 0.221 e. The Labute approximate surface area is 92.4 Å². The number of aliphatic hydroxyl groups excluding tert-OH is 1. The first-order valence-electron chi connectivity index (χ1n) is 5.58. The third kappa shape index (κ3) is 6.47. The lowest BCUT2D eigenvalue weighted by atomic mass is 10.00. The molecule has 2 unspecified atom stereocenters. The standard InChI is InChI=1S/C11H24N2O2/c1-8(2)10(5-6-14)13-9(3)7-11(15)12-4/h8-10,13-14H,5-7H2,1-4H3,(H,12,15). The van der Waals surface area contributed by atoms with Crippen LogP contribution in [0.3, 0.4) is 0 Å². The summed E-state index contributed by atoms with van der Waals surface area (Å²) < 4.78 is 0. The van der Waals surface area contributed by atoms with Crippen LogP contribution in [0.2, 0.25) is 0 Å². The van der Waals surface area contributed by atoms with Gasteiger partial charge in [0.2, 0.25) is 5.91 Å². The number of carbonyl (C=O) groups is 1. The number of rotatable bonds is 7. The lowest BCUT2D eigenvalue weighted by molar-refractivity contribution is -0.121. The van der Waals surface area contributed by atoms with E-state index in [0.29, 0.717) is 12.3 Å². The van der Waals surface area contributed by atoms with Gasteiger partial charge in [0.25, 0.3) is 0 Å². The van der Waals surface area contributed by atoms with Gasteiger partial charge in [0, 0.05) is 32.2 Å². The molecule has 90 valence electrons. The van der Waals surface area contributed by atoms with Gasteiger partial charge < -0.3 is 15.7 Å². The molecule has 0 aliphatic carbocycles. The topological polar surface area (TPSA) is 61.4 Å². The van der Waals surface area contributed by atoms with E-state index in [1.807, 2.05) is 6.92 Å². The Kier molecular flexibility index (Phi) is 7.34. The van der Waals surface area contributed by atoms with Crippen LogP contribution >= 0.6 is 0 Å².